The van der Waals surface area contributed by atoms with Crippen LogP contribution in [0.2, 0.25) is 0 Å². The van der Waals surface area contributed by atoms with Gasteiger partial charge >= 0.3 is 0 Å². The van der Waals surface area contributed by atoms with Crippen LogP contribution < -0.4 is 11.1 Å². The smallest absolute Gasteiger partial charge is 0.254 e. The van der Waals surface area contributed by atoms with Gasteiger partial charge in [0.25, 0.3) is 5.91 Å². The number of likely N-dealkylation sites (N-methyl/N-ethyl adjacent to an activating group) is 1. The highest BCUT2D eigenvalue weighted by atomic mass is 16.2. The molecule has 0 saturated heterocycles. The number of nitrogens with one attached hydrogen (secondary N) is 1. The van der Waals surface area contributed by atoms with Gasteiger partial charge in [0.2, 0.25) is 5.91 Å². The van der Waals surface area contributed by atoms with Gasteiger partial charge < -0.3 is 16.0 Å². The number of rotatable bonds is 4. The molecule has 0 radical (unpaired) electrons. The van der Waals surface area contributed by atoms with Gasteiger partial charge in [0.05, 0.1) is 6.54 Å². The summed E-state index contributed by atoms with van der Waals surface area (Å²) in [6.45, 7) is 1.95. The van der Waals surface area contributed by atoms with E-state index in [4.69, 9.17) is 5.73 Å². The van der Waals surface area contributed by atoms with Crippen molar-refractivity contribution in [2.45, 2.75) is 25.8 Å². The van der Waals surface area contributed by atoms with Crippen LogP contribution in [0.5, 0.6) is 0 Å². The van der Waals surface area contributed by atoms with Gasteiger partial charge in [0.15, 0.2) is 0 Å². The number of hydrogen-bond acceptors (Lipinski definition) is 3. The first-order chi connectivity index (χ1) is 8.95. The molecule has 1 fully saturated rings. The Hall–Kier alpha value is -2.04. The Kier molecular flexibility index (Phi) is 3.74. The Bertz CT molecular complexity index is 489. The maximum Gasteiger partial charge on any atom is 0.254 e. The van der Waals surface area contributed by atoms with Crippen LogP contribution in [0.4, 0.5) is 5.69 Å². The summed E-state index contributed by atoms with van der Waals surface area (Å²) in [5, 5.41) is 2.86. The molecule has 0 bridgehead atoms. The van der Waals surface area contributed by atoms with Gasteiger partial charge in [0.1, 0.15) is 0 Å². The SMILES string of the molecule is Cc1cc(N)cc(C(=O)N(C)CC(=O)NC2CC2)c1. The molecule has 0 atom stereocenters. The number of aryl methyl sites for hydroxylation is 1. The third-order valence-electron chi connectivity index (χ3n) is 3.02. The Labute approximate surface area is 112 Å². The van der Waals surface area contributed by atoms with E-state index in [0.29, 0.717) is 17.3 Å². The van der Waals surface area contributed by atoms with Gasteiger partial charge in [-0.15, -0.1) is 0 Å². The Balaban J connectivity index is 1.98. The van der Waals surface area contributed by atoms with Gasteiger partial charge in [-0.25, -0.2) is 0 Å². The highest BCUT2D eigenvalue weighted by Crippen LogP contribution is 2.18. The first-order valence-electron chi connectivity index (χ1n) is 6.37. The minimum atomic E-state index is -0.193. The van der Waals surface area contributed by atoms with Crippen molar-refractivity contribution >= 4 is 17.5 Å². The summed E-state index contributed by atoms with van der Waals surface area (Å²) in [7, 11) is 1.62. The zero-order chi connectivity index (χ0) is 14.0. The Morgan fingerprint density at radius 2 is 2.05 bits per heavy atom. The zero-order valence-corrected chi connectivity index (χ0v) is 11.3. The number of hydrogen-bond donors (Lipinski definition) is 2. The molecular weight excluding hydrogens is 242 g/mol. The second-order valence-corrected chi connectivity index (χ2v) is 5.14. The number of anilines is 1. The zero-order valence-electron chi connectivity index (χ0n) is 11.3. The van der Waals surface area contributed by atoms with Crippen molar-refractivity contribution < 1.29 is 9.59 Å². The van der Waals surface area contributed by atoms with Crippen molar-refractivity contribution in [1.82, 2.24) is 10.2 Å². The molecule has 5 nitrogen and oxygen atoms in total. The van der Waals surface area contributed by atoms with E-state index in [9.17, 15) is 9.59 Å². The molecule has 19 heavy (non-hydrogen) atoms. The van der Waals surface area contributed by atoms with E-state index < -0.39 is 0 Å². The normalized spacial score (nSPS) is 14.0. The van der Waals surface area contributed by atoms with Gasteiger partial charge in [-0.05, 0) is 43.5 Å². The van der Waals surface area contributed by atoms with E-state index in [1.165, 1.54) is 4.90 Å². The molecule has 102 valence electrons. The summed E-state index contributed by atoms with van der Waals surface area (Å²) >= 11 is 0. The molecule has 0 unspecified atom stereocenters. The Morgan fingerprint density at radius 1 is 1.37 bits per heavy atom. The van der Waals surface area contributed by atoms with Crippen LogP contribution in [-0.4, -0.2) is 36.3 Å². The van der Waals surface area contributed by atoms with E-state index in [-0.39, 0.29) is 18.4 Å². The maximum atomic E-state index is 12.2. The monoisotopic (exact) mass is 261 g/mol. The molecule has 1 aromatic carbocycles. The quantitative estimate of drug-likeness (QED) is 0.792. The van der Waals surface area contributed by atoms with E-state index in [0.717, 1.165) is 18.4 Å². The lowest BCUT2D eigenvalue weighted by Crippen LogP contribution is -2.39. The van der Waals surface area contributed by atoms with Crippen LogP contribution in [0.15, 0.2) is 18.2 Å². The number of carbonyl (C=O) groups is 2. The second kappa shape index (κ2) is 5.30. The largest absolute Gasteiger partial charge is 0.399 e. The maximum absolute atomic E-state index is 12.2. The van der Waals surface area contributed by atoms with Crippen LogP contribution in [0.3, 0.4) is 0 Å². The first-order valence-corrected chi connectivity index (χ1v) is 6.37. The third-order valence-corrected chi connectivity index (χ3v) is 3.02. The number of benzene rings is 1. The molecule has 0 spiro atoms. The van der Waals surface area contributed by atoms with Crippen LogP contribution in [0, 0.1) is 6.92 Å². The number of nitrogen functional groups attached to an aromatic ring is 1. The van der Waals surface area contributed by atoms with Crippen LogP contribution >= 0.6 is 0 Å². The Morgan fingerprint density at radius 3 is 2.63 bits per heavy atom. The van der Waals surface area contributed by atoms with Crippen LogP contribution in [0.25, 0.3) is 0 Å². The molecular formula is C14H19N3O2. The minimum absolute atomic E-state index is 0.0726. The number of nitrogens with zero attached hydrogens (tertiary/aromatic N) is 1. The average Bonchev–Trinajstić information content (AvgIpc) is 3.10. The fourth-order valence-electron chi connectivity index (χ4n) is 1.94. The van der Waals surface area contributed by atoms with Gasteiger partial charge in [-0.3, -0.25) is 9.59 Å². The molecule has 2 rings (SSSR count). The van der Waals surface area contributed by atoms with E-state index >= 15 is 0 Å². The fraction of sp³-hybridized carbons (Fsp3) is 0.429. The summed E-state index contributed by atoms with van der Waals surface area (Å²) in [6.07, 6.45) is 2.08. The molecule has 1 aromatic rings. The van der Waals surface area contributed by atoms with Gasteiger partial charge in [0, 0.05) is 24.3 Å². The summed E-state index contributed by atoms with van der Waals surface area (Å²) in [6, 6.07) is 5.51. The first kappa shape index (κ1) is 13.4. The van der Waals surface area contributed by atoms with Crippen molar-refractivity contribution in [2.75, 3.05) is 19.3 Å². The van der Waals surface area contributed by atoms with Crippen LogP contribution in [-0.2, 0) is 4.79 Å². The lowest BCUT2D eigenvalue weighted by Gasteiger charge is -2.17. The average molecular weight is 261 g/mol. The van der Waals surface area contributed by atoms with E-state index in [1.807, 2.05) is 6.92 Å². The topological polar surface area (TPSA) is 75.4 Å². The minimum Gasteiger partial charge on any atom is -0.399 e. The fourth-order valence-corrected chi connectivity index (χ4v) is 1.94. The van der Waals surface area contributed by atoms with Gasteiger partial charge in [-0.1, -0.05) is 0 Å². The molecule has 0 aromatic heterocycles. The van der Waals surface area contributed by atoms with Crippen molar-refractivity contribution in [3.8, 4) is 0 Å². The summed E-state index contributed by atoms with van der Waals surface area (Å²) in [5.41, 5.74) is 7.72. The summed E-state index contributed by atoms with van der Waals surface area (Å²) < 4.78 is 0. The highest BCUT2D eigenvalue weighted by molar-refractivity contribution is 5.97. The number of amides is 2. The van der Waals surface area contributed by atoms with Gasteiger partial charge in [-0.2, -0.15) is 0 Å². The highest BCUT2D eigenvalue weighted by Gasteiger charge is 2.24. The predicted molar refractivity (Wildman–Crippen MR) is 73.7 cm³/mol. The predicted octanol–water partition coefficient (Wildman–Crippen LogP) is 0.928. The van der Waals surface area contributed by atoms with Crippen molar-refractivity contribution in [1.29, 1.82) is 0 Å². The molecule has 5 heteroatoms. The molecule has 0 aliphatic heterocycles. The molecule has 2 amide bonds. The molecule has 1 aliphatic rings. The van der Waals surface area contributed by atoms with E-state index in [2.05, 4.69) is 5.32 Å². The molecule has 3 N–H and O–H groups in total. The number of carbonyl (C=O) groups excluding carboxylic acids is 2. The second-order valence-electron chi connectivity index (χ2n) is 5.14. The summed E-state index contributed by atoms with van der Waals surface area (Å²) in [5.74, 6) is -0.305. The van der Waals surface area contributed by atoms with Crippen molar-refractivity contribution in [3.05, 3.63) is 29.3 Å². The lowest BCUT2D eigenvalue weighted by atomic mass is 10.1. The molecule has 1 saturated carbocycles. The van der Waals surface area contributed by atoms with Crippen molar-refractivity contribution in [3.63, 3.8) is 0 Å². The van der Waals surface area contributed by atoms with Crippen LogP contribution in [0.1, 0.15) is 28.8 Å². The standard InChI is InChI=1S/C14H19N3O2/c1-9-5-10(7-11(15)6-9)14(19)17(2)8-13(18)16-12-3-4-12/h5-7,12H,3-4,8,15H2,1-2H3,(H,16,18). The van der Waals surface area contributed by atoms with E-state index in [1.54, 1.807) is 25.2 Å². The number of nitrogens with two attached hydrogens (primary N) is 1. The lowest BCUT2D eigenvalue weighted by molar-refractivity contribution is -0.121. The molecule has 1 aliphatic carbocycles. The third kappa shape index (κ3) is 3.71. The molecule has 0 heterocycles. The van der Waals surface area contributed by atoms with Crippen molar-refractivity contribution in [2.24, 2.45) is 0 Å². The summed E-state index contributed by atoms with van der Waals surface area (Å²) in [4.78, 5) is 25.2.